The lowest BCUT2D eigenvalue weighted by atomic mass is 9.98. The van der Waals surface area contributed by atoms with E-state index in [2.05, 4.69) is 169 Å². The molecular formula is C46H29NOS. The predicted molar refractivity (Wildman–Crippen MR) is 210 cm³/mol. The molecule has 0 aliphatic heterocycles. The van der Waals surface area contributed by atoms with Gasteiger partial charge in [-0.15, -0.1) is 11.3 Å². The van der Waals surface area contributed by atoms with Gasteiger partial charge < -0.3 is 9.32 Å². The number of hydrogen-bond acceptors (Lipinski definition) is 3. The van der Waals surface area contributed by atoms with Crippen molar-refractivity contribution in [3.8, 4) is 22.3 Å². The van der Waals surface area contributed by atoms with Crippen molar-refractivity contribution in [2.24, 2.45) is 0 Å². The third kappa shape index (κ3) is 4.62. The number of nitrogens with zero attached hydrogens (tertiary/aromatic N) is 1. The Morgan fingerprint density at radius 3 is 1.94 bits per heavy atom. The maximum atomic E-state index is 6.26. The van der Waals surface area contributed by atoms with Gasteiger partial charge in [0.2, 0.25) is 0 Å². The monoisotopic (exact) mass is 643 g/mol. The number of anilines is 3. The number of hydrogen-bond donors (Lipinski definition) is 0. The molecule has 0 spiro atoms. The summed E-state index contributed by atoms with van der Waals surface area (Å²) in [5.41, 5.74) is 10.1. The Balaban J connectivity index is 1.23. The first-order valence-electron chi connectivity index (χ1n) is 16.6. The summed E-state index contributed by atoms with van der Waals surface area (Å²) in [5.74, 6) is 0. The second kappa shape index (κ2) is 11.2. The Kier molecular flexibility index (Phi) is 6.39. The summed E-state index contributed by atoms with van der Waals surface area (Å²) in [6.45, 7) is 0. The van der Waals surface area contributed by atoms with E-state index in [4.69, 9.17) is 4.42 Å². The molecule has 0 unspecified atom stereocenters. The van der Waals surface area contributed by atoms with E-state index in [1.54, 1.807) is 0 Å². The fraction of sp³-hybridized carbons (Fsp3) is 0. The SMILES string of the molecule is c1ccc(-c2ccc3cc(N(c4ccc5oc6ccccc6c5c4)c4ccc(-c5ccccc5)c5c4sc4ccccc45)ccc3c2)cc1. The van der Waals surface area contributed by atoms with Crippen molar-refractivity contribution in [3.05, 3.63) is 176 Å². The van der Waals surface area contributed by atoms with Crippen molar-refractivity contribution in [1.82, 2.24) is 0 Å². The molecule has 0 saturated carbocycles. The summed E-state index contributed by atoms with van der Waals surface area (Å²) < 4.78 is 8.81. The minimum Gasteiger partial charge on any atom is -0.456 e. The molecule has 0 N–H and O–H groups in total. The lowest BCUT2D eigenvalue weighted by molar-refractivity contribution is 0.669. The first kappa shape index (κ1) is 27.9. The van der Waals surface area contributed by atoms with E-state index in [1.165, 1.54) is 53.2 Å². The van der Waals surface area contributed by atoms with Crippen LogP contribution in [0.1, 0.15) is 0 Å². The molecule has 0 saturated heterocycles. The molecule has 0 amide bonds. The number of rotatable bonds is 5. The van der Waals surface area contributed by atoms with Crippen molar-refractivity contribution in [2.75, 3.05) is 4.90 Å². The van der Waals surface area contributed by atoms with Gasteiger partial charge >= 0.3 is 0 Å². The molecule has 2 heterocycles. The van der Waals surface area contributed by atoms with E-state index in [1.807, 2.05) is 23.5 Å². The summed E-state index contributed by atoms with van der Waals surface area (Å²) >= 11 is 1.87. The van der Waals surface area contributed by atoms with Crippen molar-refractivity contribution >= 4 is 81.3 Å². The van der Waals surface area contributed by atoms with Crippen LogP contribution in [0.2, 0.25) is 0 Å². The molecule has 0 aliphatic carbocycles. The molecule has 0 atom stereocenters. The number of fused-ring (bicyclic) bond motifs is 7. The molecule has 0 aliphatic rings. The lowest BCUT2D eigenvalue weighted by Crippen LogP contribution is -2.10. The van der Waals surface area contributed by atoms with Gasteiger partial charge in [0, 0.05) is 37.6 Å². The van der Waals surface area contributed by atoms with Crippen LogP contribution < -0.4 is 4.90 Å². The maximum Gasteiger partial charge on any atom is 0.135 e. The van der Waals surface area contributed by atoms with E-state index >= 15 is 0 Å². The molecule has 0 bridgehead atoms. The average Bonchev–Trinajstić information content (AvgIpc) is 3.74. The fourth-order valence-corrected chi connectivity index (χ4v) is 8.54. The summed E-state index contributed by atoms with van der Waals surface area (Å²) in [6, 6.07) is 63.3. The van der Waals surface area contributed by atoms with Crippen LogP contribution >= 0.6 is 11.3 Å². The van der Waals surface area contributed by atoms with Crippen LogP contribution in [-0.4, -0.2) is 0 Å². The first-order valence-corrected chi connectivity index (χ1v) is 17.4. The molecule has 0 radical (unpaired) electrons. The Morgan fingerprint density at radius 2 is 1.08 bits per heavy atom. The number of para-hydroxylation sites is 1. The summed E-state index contributed by atoms with van der Waals surface area (Å²) in [7, 11) is 0. The highest BCUT2D eigenvalue weighted by molar-refractivity contribution is 7.26. The van der Waals surface area contributed by atoms with Crippen LogP contribution in [0.15, 0.2) is 180 Å². The minimum absolute atomic E-state index is 0.892. The van der Waals surface area contributed by atoms with E-state index in [-0.39, 0.29) is 0 Å². The van der Waals surface area contributed by atoms with Gasteiger partial charge in [-0.3, -0.25) is 0 Å². The van der Waals surface area contributed by atoms with Crippen LogP contribution in [0.5, 0.6) is 0 Å². The van der Waals surface area contributed by atoms with E-state index in [9.17, 15) is 0 Å². The second-order valence-electron chi connectivity index (χ2n) is 12.5. The standard InChI is InChI=1S/C46H29NOS/c1-3-11-30(12-4-1)32-19-20-34-28-35(22-21-33(34)27-32)47(36-23-26-43-40(29-36)38-15-7-9-17-42(38)48-43)41-25-24-37(31-13-5-2-6-14-31)45-39-16-8-10-18-44(39)49-46(41)45/h1-29H. The molecule has 10 rings (SSSR count). The number of benzene rings is 8. The third-order valence-corrected chi connectivity index (χ3v) is 10.8. The first-order chi connectivity index (χ1) is 24.3. The van der Waals surface area contributed by atoms with Gasteiger partial charge in [-0.2, -0.15) is 0 Å². The molecule has 0 fully saturated rings. The van der Waals surface area contributed by atoms with Crippen LogP contribution in [0.25, 0.3) is 75.1 Å². The maximum absolute atomic E-state index is 6.26. The molecule has 3 heteroatoms. The van der Waals surface area contributed by atoms with Crippen molar-refractivity contribution in [3.63, 3.8) is 0 Å². The zero-order valence-electron chi connectivity index (χ0n) is 26.5. The molecule has 10 aromatic rings. The molecule has 2 aromatic heterocycles. The Bertz CT molecular complexity index is 2830. The van der Waals surface area contributed by atoms with Gasteiger partial charge in [0.1, 0.15) is 11.2 Å². The highest BCUT2D eigenvalue weighted by Crippen LogP contribution is 2.49. The third-order valence-electron chi connectivity index (χ3n) is 9.64. The smallest absolute Gasteiger partial charge is 0.135 e. The van der Waals surface area contributed by atoms with Crippen LogP contribution in [0.4, 0.5) is 17.1 Å². The second-order valence-corrected chi connectivity index (χ2v) is 13.6. The van der Waals surface area contributed by atoms with Gasteiger partial charge in [-0.25, -0.2) is 0 Å². The van der Waals surface area contributed by atoms with Crippen molar-refractivity contribution in [2.45, 2.75) is 0 Å². The Labute approximate surface area is 287 Å². The van der Waals surface area contributed by atoms with Gasteiger partial charge in [0.15, 0.2) is 0 Å². The average molecular weight is 644 g/mol. The molecule has 2 nitrogen and oxygen atoms in total. The number of thiophene rings is 1. The highest BCUT2D eigenvalue weighted by Gasteiger charge is 2.22. The van der Waals surface area contributed by atoms with Crippen LogP contribution in [-0.2, 0) is 0 Å². The van der Waals surface area contributed by atoms with Crippen molar-refractivity contribution in [1.29, 1.82) is 0 Å². The van der Waals surface area contributed by atoms with Gasteiger partial charge in [0.25, 0.3) is 0 Å². The Hall–Kier alpha value is -6.16. The van der Waals surface area contributed by atoms with Crippen LogP contribution in [0, 0.1) is 0 Å². The normalized spacial score (nSPS) is 11.7. The van der Waals surface area contributed by atoms with Gasteiger partial charge in [-0.1, -0.05) is 121 Å². The number of furan rings is 1. The van der Waals surface area contributed by atoms with Crippen molar-refractivity contribution < 1.29 is 4.42 Å². The van der Waals surface area contributed by atoms with E-state index in [0.717, 1.165) is 39.0 Å². The molecule has 49 heavy (non-hydrogen) atoms. The fourth-order valence-electron chi connectivity index (χ4n) is 7.31. The molecule has 8 aromatic carbocycles. The van der Waals surface area contributed by atoms with Gasteiger partial charge in [0.05, 0.1) is 10.4 Å². The Morgan fingerprint density at radius 1 is 0.429 bits per heavy atom. The van der Waals surface area contributed by atoms with E-state index in [0.29, 0.717) is 0 Å². The summed E-state index contributed by atoms with van der Waals surface area (Å²) in [4.78, 5) is 2.43. The summed E-state index contributed by atoms with van der Waals surface area (Å²) in [6.07, 6.45) is 0. The molecular weight excluding hydrogens is 615 g/mol. The lowest BCUT2D eigenvalue weighted by Gasteiger charge is -2.27. The topological polar surface area (TPSA) is 16.4 Å². The zero-order valence-corrected chi connectivity index (χ0v) is 27.3. The molecule has 230 valence electrons. The predicted octanol–water partition coefficient (Wildman–Crippen LogP) is 13.9. The van der Waals surface area contributed by atoms with Crippen LogP contribution in [0.3, 0.4) is 0 Å². The zero-order chi connectivity index (χ0) is 32.3. The van der Waals surface area contributed by atoms with Gasteiger partial charge in [-0.05, 0) is 87.6 Å². The highest BCUT2D eigenvalue weighted by atomic mass is 32.1. The quantitative estimate of drug-likeness (QED) is 0.186. The minimum atomic E-state index is 0.892. The largest absolute Gasteiger partial charge is 0.456 e. The summed E-state index contributed by atoms with van der Waals surface area (Å²) in [5, 5.41) is 7.22. The van der Waals surface area contributed by atoms with E-state index < -0.39 is 0 Å².